The van der Waals surface area contributed by atoms with Crippen LogP contribution < -0.4 is 14.4 Å². The van der Waals surface area contributed by atoms with E-state index in [9.17, 15) is 8.42 Å². The molecule has 158 valence electrons. The molecule has 0 unspecified atom stereocenters. The lowest BCUT2D eigenvalue weighted by molar-refractivity contribution is 0.254. The molecule has 1 aliphatic heterocycles. The standard InChI is InChI=1S/C21H28ClN3O3S/c1-28-21-6-3-2-5-20(21)25-15-13-24(14-16-25)12-4-11-23-29(26,27)17-18-7-9-19(22)10-8-18/h2-3,5-10,23H,4,11-17H2,1H3. The van der Waals surface area contributed by atoms with Crippen LogP contribution >= 0.6 is 11.6 Å². The first-order chi connectivity index (χ1) is 14.0. The molecule has 0 amide bonds. The summed E-state index contributed by atoms with van der Waals surface area (Å²) in [6.45, 7) is 5.10. The van der Waals surface area contributed by atoms with E-state index in [4.69, 9.17) is 16.3 Å². The number of halogens is 1. The number of hydrogen-bond donors (Lipinski definition) is 1. The summed E-state index contributed by atoms with van der Waals surface area (Å²) in [5.41, 5.74) is 1.86. The Morgan fingerprint density at radius 1 is 1.03 bits per heavy atom. The number of methoxy groups -OCH3 is 1. The van der Waals surface area contributed by atoms with Crippen molar-refractivity contribution in [2.24, 2.45) is 0 Å². The highest BCUT2D eigenvalue weighted by atomic mass is 35.5. The number of hydrogen-bond acceptors (Lipinski definition) is 5. The maximum atomic E-state index is 12.2. The Kier molecular flexibility index (Phi) is 7.77. The SMILES string of the molecule is COc1ccccc1N1CCN(CCCNS(=O)(=O)Cc2ccc(Cl)cc2)CC1. The van der Waals surface area contributed by atoms with E-state index >= 15 is 0 Å². The summed E-state index contributed by atoms with van der Waals surface area (Å²) in [5.74, 6) is 0.873. The zero-order valence-electron chi connectivity index (χ0n) is 16.7. The van der Waals surface area contributed by atoms with Crippen molar-refractivity contribution in [2.45, 2.75) is 12.2 Å². The highest BCUT2D eigenvalue weighted by Gasteiger charge is 2.19. The number of benzene rings is 2. The number of ether oxygens (including phenoxy) is 1. The van der Waals surface area contributed by atoms with Gasteiger partial charge in [-0.1, -0.05) is 35.9 Å². The van der Waals surface area contributed by atoms with Crippen molar-refractivity contribution in [3.8, 4) is 5.75 Å². The van der Waals surface area contributed by atoms with Crippen LogP contribution in [0.15, 0.2) is 48.5 Å². The number of piperazine rings is 1. The normalized spacial score (nSPS) is 15.4. The summed E-state index contributed by atoms with van der Waals surface area (Å²) in [5, 5.41) is 0.602. The molecule has 29 heavy (non-hydrogen) atoms. The van der Waals surface area contributed by atoms with E-state index < -0.39 is 10.0 Å². The van der Waals surface area contributed by atoms with E-state index in [1.54, 1.807) is 31.4 Å². The van der Waals surface area contributed by atoms with Crippen LogP contribution in [-0.2, 0) is 15.8 Å². The fraction of sp³-hybridized carbons (Fsp3) is 0.429. The molecule has 2 aromatic carbocycles. The summed E-state index contributed by atoms with van der Waals surface area (Å²) in [6, 6.07) is 15.0. The second kappa shape index (κ2) is 10.3. The third-order valence-electron chi connectivity index (χ3n) is 5.04. The summed E-state index contributed by atoms with van der Waals surface area (Å²) >= 11 is 5.84. The Morgan fingerprint density at radius 2 is 1.72 bits per heavy atom. The van der Waals surface area contributed by atoms with E-state index in [-0.39, 0.29) is 5.75 Å². The van der Waals surface area contributed by atoms with Crippen LogP contribution in [-0.4, -0.2) is 59.7 Å². The van der Waals surface area contributed by atoms with Crippen LogP contribution in [0.1, 0.15) is 12.0 Å². The minimum atomic E-state index is -3.34. The Labute approximate surface area is 178 Å². The maximum absolute atomic E-state index is 12.2. The van der Waals surface area contributed by atoms with Crippen molar-refractivity contribution in [1.29, 1.82) is 0 Å². The first-order valence-corrected chi connectivity index (χ1v) is 11.8. The second-order valence-corrected chi connectivity index (χ2v) is 9.38. The summed E-state index contributed by atoms with van der Waals surface area (Å²) < 4.78 is 32.6. The molecular weight excluding hydrogens is 410 g/mol. The highest BCUT2D eigenvalue weighted by Crippen LogP contribution is 2.28. The average Bonchev–Trinajstić information content (AvgIpc) is 2.73. The lowest BCUT2D eigenvalue weighted by atomic mass is 10.2. The molecule has 1 heterocycles. The van der Waals surface area contributed by atoms with Gasteiger partial charge in [0.2, 0.25) is 10.0 Å². The van der Waals surface area contributed by atoms with Gasteiger partial charge in [-0.2, -0.15) is 0 Å². The van der Waals surface area contributed by atoms with E-state index in [1.165, 1.54) is 0 Å². The minimum absolute atomic E-state index is 0.0260. The molecule has 1 fully saturated rings. The molecule has 0 bridgehead atoms. The number of rotatable bonds is 9. The molecule has 1 saturated heterocycles. The zero-order chi connectivity index (χ0) is 20.7. The Balaban J connectivity index is 1.38. The monoisotopic (exact) mass is 437 g/mol. The van der Waals surface area contributed by atoms with Gasteiger partial charge < -0.3 is 9.64 Å². The van der Waals surface area contributed by atoms with E-state index in [1.807, 2.05) is 18.2 Å². The Morgan fingerprint density at radius 3 is 2.41 bits per heavy atom. The Hall–Kier alpha value is -1.80. The van der Waals surface area contributed by atoms with Crippen molar-refractivity contribution in [3.05, 3.63) is 59.1 Å². The van der Waals surface area contributed by atoms with Gasteiger partial charge in [0.25, 0.3) is 0 Å². The molecule has 3 rings (SSSR count). The van der Waals surface area contributed by atoms with Crippen LogP contribution in [0.5, 0.6) is 5.75 Å². The quantitative estimate of drug-likeness (QED) is 0.611. The van der Waals surface area contributed by atoms with Crippen LogP contribution in [0, 0.1) is 0 Å². The average molecular weight is 438 g/mol. The van der Waals surface area contributed by atoms with Crippen LogP contribution in [0.4, 0.5) is 5.69 Å². The van der Waals surface area contributed by atoms with Crippen LogP contribution in [0.3, 0.4) is 0 Å². The zero-order valence-corrected chi connectivity index (χ0v) is 18.3. The fourth-order valence-corrected chi connectivity index (χ4v) is 4.80. The smallest absolute Gasteiger partial charge is 0.215 e. The number of anilines is 1. The van der Waals surface area contributed by atoms with Crippen molar-refractivity contribution >= 4 is 27.3 Å². The van der Waals surface area contributed by atoms with Gasteiger partial charge in [0.1, 0.15) is 5.75 Å². The predicted octanol–water partition coefficient (Wildman–Crippen LogP) is 2.98. The van der Waals surface area contributed by atoms with Crippen molar-refractivity contribution in [2.75, 3.05) is 51.3 Å². The molecule has 0 aliphatic carbocycles. The lowest BCUT2D eigenvalue weighted by Crippen LogP contribution is -2.47. The summed E-state index contributed by atoms with van der Waals surface area (Å²) in [6.07, 6.45) is 0.786. The number of nitrogens with zero attached hydrogens (tertiary/aromatic N) is 2. The van der Waals surface area contributed by atoms with Gasteiger partial charge in [0.05, 0.1) is 18.6 Å². The van der Waals surface area contributed by atoms with Gasteiger partial charge in [-0.15, -0.1) is 0 Å². The number of nitrogens with one attached hydrogen (secondary N) is 1. The highest BCUT2D eigenvalue weighted by molar-refractivity contribution is 7.88. The fourth-order valence-electron chi connectivity index (χ4n) is 3.48. The van der Waals surface area contributed by atoms with Gasteiger partial charge in [0.15, 0.2) is 0 Å². The molecule has 6 nitrogen and oxygen atoms in total. The molecule has 1 aliphatic rings. The molecule has 1 N–H and O–H groups in total. The van der Waals surface area contributed by atoms with Gasteiger partial charge >= 0.3 is 0 Å². The topological polar surface area (TPSA) is 61.9 Å². The third-order valence-corrected chi connectivity index (χ3v) is 6.65. The molecule has 2 aromatic rings. The molecule has 0 radical (unpaired) electrons. The lowest BCUT2D eigenvalue weighted by Gasteiger charge is -2.36. The predicted molar refractivity (Wildman–Crippen MR) is 118 cm³/mol. The van der Waals surface area contributed by atoms with E-state index in [0.29, 0.717) is 11.6 Å². The van der Waals surface area contributed by atoms with Crippen molar-refractivity contribution in [1.82, 2.24) is 9.62 Å². The molecule has 8 heteroatoms. The Bertz CT molecular complexity index is 882. The number of sulfonamides is 1. The molecule has 0 saturated carbocycles. The van der Waals surface area contributed by atoms with Gasteiger partial charge in [0, 0.05) is 37.7 Å². The number of para-hydroxylation sites is 2. The molecule has 0 spiro atoms. The van der Waals surface area contributed by atoms with Gasteiger partial charge in [-0.25, -0.2) is 13.1 Å². The molecular formula is C21H28ClN3O3S. The largest absolute Gasteiger partial charge is 0.495 e. The molecule has 0 atom stereocenters. The van der Waals surface area contributed by atoms with E-state index in [2.05, 4.69) is 20.6 Å². The second-order valence-electron chi connectivity index (χ2n) is 7.13. The summed E-state index contributed by atoms with van der Waals surface area (Å²) in [7, 11) is -1.64. The maximum Gasteiger partial charge on any atom is 0.215 e. The van der Waals surface area contributed by atoms with Crippen molar-refractivity contribution < 1.29 is 13.2 Å². The minimum Gasteiger partial charge on any atom is -0.495 e. The van der Waals surface area contributed by atoms with Crippen LogP contribution in [0.25, 0.3) is 0 Å². The van der Waals surface area contributed by atoms with Crippen molar-refractivity contribution in [3.63, 3.8) is 0 Å². The first kappa shape index (κ1) is 21.9. The first-order valence-electron chi connectivity index (χ1n) is 9.79. The van der Waals surface area contributed by atoms with Gasteiger partial charge in [-0.05, 0) is 42.8 Å². The summed E-state index contributed by atoms with van der Waals surface area (Å²) in [4.78, 5) is 4.71. The van der Waals surface area contributed by atoms with E-state index in [0.717, 1.165) is 56.1 Å². The van der Waals surface area contributed by atoms with Gasteiger partial charge in [-0.3, -0.25) is 4.90 Å². The van der Waals surface area contributed by atoms with Crippen LogP contribution in [0.2, 0.25) is 5.02 Å². The molecule has 0 aromatic heterocycles. The third kappa shape index (κ3) is 6.60.